The number of carbonyl (C=O) groups is 1. The van der Waals surface area contributed by atoms with E-state index in [-0.39, 0.29) is 12.4 Å². The molecule has 11 heavy (non-hydrogen) atoms. The predicted octanol–water partition coefficient (Wildman–Crippen LogP) is 1.46. The van der Waals surface area contributed by atoms with E-state index in [0.717, 1.165) is 0 Å². The third-order valence-corrected chi connectivity index (χ3v) is 0.630. The van der Waals surface area contributed by atoms with E-state index in [0.29, 0.717) is 0 Å². The Hall–Kier alpha value is -0.650. The van der Waals surface area contributed by atoms with Crippen LogP contribution in [0.25, 0.3) is 0 Å². The molecular weight excluding hydrogens is 186 g/mol. The lowest BCUT2D eigenvalue weighted by Gasteiger charge is -2.04. The van der Waals surface area contributed by atoms with Crippen molar-refractivity contribution < 1.29 is 22.7 Å². The average Bonchev–Trinajstić information content (AvgIpc) is 1.59. The number of alkyl halides is 3. The summed E-state index contributed by atoms with van der Waals surface area (Å²) in [7, 11) is 0. The molecule has 0 aliphatic heterocycles. The summed E-state index contributed by atoms with van der Waals surface area (Å²) in [4.78, 5) is 9.72. The van der Waals surface area contributed by atoms with Gasteiger partial charge < -0.3 is 10.5 Å². The fourth-order valence-electron chi connectivity index (χ4n) is 0.267. The van der Waals surface area contributed by atoms with Gasteiger partial charge in [-0.3, -0.25) is 0 Å². The standard InChI is InChI=1S/C4H6F3NO2.ClH/c5-4(6,7)1-2-10-3(8)9;/h1-2H2,(H2,8,9);1H. The zero-order valence-electron chi connectivity index (χ0n) is 5.35. The monoisotopic (exact) mass is 193 g/mol. The molecule has 0 aromatic heterocycles. The van der Waals surface area contributed by atoms with Gasteiger partial charge in [-0.1, -0.05) is 0 Å². The van der Waals surface area contributed by atoms with Crippen molar-refractivity contribution >= 4 is 18.5 Å². The molecule has 3 nitrogen and oxygen atoms in total. The van der Waals surface area contributed by atoms with Crippen LogP contribution in [0.3, 0.4) is 0 Å². The molecule has 0 aromatic rings. The molecule has 0 atom stereocenters. The van der Waals surface area contributed by atoms with Crippen LogP contribution in [0.15, 0.2) is 0 Å². The van der Waals surface area contributed by atoms with Crippen molar-refractivity contribution in [3.8, 4) is 0 Å². The number of halogens is 4. The Labute approximate surface area is 67.1 Å². The summed E-state index contributed by atoms with van der Waals surface area (Å²) in [6.07, 6.45) is -6.64. The smallest absolute Gasteiger partial charge is 0.404 e. The van der Waals surface area contributed by atoms with Gasteiger partial charge in [0.25, 0.3) is 0 Å². The van der Waals surface area contributed by atoms with Crippen LogP contribution >= 0.6 is 12.4 Å². The van der Waals surface area contributed by atoms with Gasteiger partial charge in [-0.2, -0.15) is 13.2 Å². The molecule has 0 bridgehead atoms. The van der Waals surface area contributed by atoms with Crippen LogP contribution in [0.5, 0.6) is 0 Å². The van der Waals surface area contributed by atoms with Gasteiger partial charge in [0.05, 0.1) is 6.42 Å². The molecule has 0 saturated heterocycles. The highest BCUT2D eigenvalue weighted by Gasteiger charge is 2.26. The Morgan fingerprint density at radius 3 is 2.18 bits per heavy atom. The Bertz CT molecular complexity index is 127. The highest BCUT2D eigenvalue weighted by Crippen LogP contribution is 2.18. The lowest BCUT2D eigenvalue weighted by Crippen LogP contribution is -2.18. The van der Waals surface area contributed by atoms with Crippen LogP contribution < -0.4 is 5.73 Å². The van der Waals surface area contributed by atoms with Crippen LogP contribution in [0.4, 0.5) is 18.0 Å². The minimum atomic E-state index is -4.30. The number of amides is 1. The average molecular weight is 194 g/mol. The number of primary amides is 1. The summed E-state index contributed by atoms with van der Waals surface area (Å²) in [5, 5.41) is 0. The van der Waals surface area contributed by atoms with Gasteiger partial charge in [0, 0.05) is 0 Å². The first-order valence-electron chi connectivity index (χ1n) is 2.41. The molecule has 1 amide bonds. The molecule has 7 heteroatoms. The van der Waals surface area contributed by atoms with E-state index in [1.54, 1.807) is 0 Å². The molecule has 0 saturated carbocycles. The van der Waals surface area contributed by atoms with E-state index >= 15 is 0 Å². The Balaban J connectivity index is 0. The molecule has 0 aliphatic rings. The minimum absolute atomic E-state index is 0. The van der Waals surface area contributed by atoms with Crippen molar-refractivity contribution in [2.45, 2.75) is 12.6 Å². The van der Waals surface area contributed by atoms with E-state index in [9.17, 15) is 18.0 Å². The second-order valence-corrected chi connectivity index (χ2v) is 1.53. The van der Waals surface area contributed by atoms with E-state index in [1.807, 2.05) is 0 Å². The van der Waals surface area contributed by atoms with Gasteiger partial charge >= 0.3 is 12.3 Å². The highest BCUT2D eigenvalue weighted by atomic mass is 35.5. The van der Waals surface area contributed by atoms with E-state index in [1.165, 1.54) is 0 Å². The van der Waals surface area contributed by atoms with Crippen molar-refractivity contribution in [2.24, 2.45) is 5.73 Å². The summed E-state index contributed by atoms with van der Waals surface area (Å²) in [5.74, 6) is 0. The topological polar surface area (TPSA) is 52.3 Å². The molecule has 0 unspecified atom stereocenters. The second kappa shape index (κ2) is 5.06. The van der Waals surface area contributed by atoms with Crippen LogP contribution in [0.1, 0.15) is 6.42 Å². The number of rotatable bonds is 2. The van der Waals surface area contributed by atoms with Crippen LogP contribution in [-0.4, -0.2) is 18.9 Å². The molecule has 0 rings (SSSR count). The molecule has 0 fully saturated rings. The predicted molar refractivity (Wildman–Crippen MR) is 33.5 cm³/mol. The summed E-state index contributed by atoms with van der Waals surface area (Å²) < 4.78 is 37.7. The molecule has 0 spiro atoms. The first kappa shape index (κ1) is 13.0. The number of ether oxygens (including phenoxy) is 1. The fraction of sp³-hybridized carbons (Fsp3) is 0.750. The molecule has 0 aromatic carbocycles. The van der Waals surface area contributed by atoms with Crippen molar-refractivity contribution in [2.75, 3.05) is 6.61 Å². The van der Waals surface area contributed by atoms with Gasteiger partial charge in [0.1, 0.15) is 6.61 Å². The largest absolute Gasteiger partial charge is 0.449 e. The van der Waals surface area contributed by atoms with Gasteiger partial charge in [0.2, 0.25) is 0 Å². The van der Waals surface area contributed by atoms with Crippen LogP contribution in [0, 0.1) is 0 Å². The minimum Gasteiger partial charge on any atom is -0.449 e. The van der Waals surface area contributed by atoms with Crippen molar-refractivity contribution in [1.82, 2.24) is 0 Å². The SMILES string of the molecule is Cl.NC(=O)OCCC(F)(F)F. The van der Waals surface area contributed by atoms with Gasteiger partial charge in [-0.25, -0.2) is 4.79 Å². The summed E-state index contributed by atoms with van der Waals surface area (Å²) >= 11 is 0. The van der Waals surface area contributed by atoms with Crippen molar-refractivity contribution in [3.05, 3.63) is 0 Å². The van der Waals surface area contributed by atoms with Crippen molar-refractivity contribution in [1.29, 1.82) is 0 Å². The molecule has 68 valence electrons. The second-order valence-electron chi connectivity index (χ2n) is 1.53. The Kier molecular flexibility index (Phi) is 5.97. The molecular formula is C4H7ClF3NO2. The maximum absolute atomic E-state index is 11.3. The number of carbonyl (C=O) groups excluding carboxylic acids is 1. The van der Waals surface area contributed by atoms with Gasteiger partial charge in [-0.05, 0) is 0 Å². The molecule has 0 heterocycles. The number of nitrogens with two attached hydrogens (primary N) is 1. The van der Waals surface area contributed by atoms with E-state index in [2.05, 4.69) is 10.5 Å². The normalized spacial score (nSPS) is 10.1. The van der Waals surface area contributed by atoms with Crippen LogP contribution in [-0.2, 0) is 4.74 Å². The summed E-state index contributed by atoms with van der Waals surface area (Å²) in [5.41, 5.74) is 4.39. The Morgan fingerprint density at radius 2 is 1.91 bits per heavy atom. The third-order valence-electron chi connectivity index (χ3n) is 0.630. The Morgan fingerprint density at radius 1 is 1.45 bits per heavy atom. The molecule has 0 aliphatic carbocycles. The quantitative estimate of drug-likeness (QED) is 0.722. The lowest BCUT2D eigenvalue weighted by molar-refractivity contribution is -0.141. The third kappa shape index (κ3) is 12.5. The zero-order chi connectivity index (χ0) is 8.20. The maximum atomic E-state index is 11.3. The van der Waals surface area contributed by atoms with E-state index in [4.69, 9.17) is 0 Å². The summed E-state index contributed by atoms with van der Waals surface area (Å²) in [6, 6.07) is 0. The fourth-order valence-corrected chi connectivity index (χ4v) is 0.267. The maximum Gasteiger partial charge on any atom is 0.404 e. The summed E-state index contributed by atoms with van der Waals surface area (Å²) in [6.45, 7) is -0.709. The van der Waals surface area contributed by atoms with Crippen LogP contribution in [0.2, 0.25) is 0 Å². The number of hydrogen-bond acceptors (Lipinski definition) is 2. The van der Waals surface area contributed by atoms with Gasteiger partial charge in [0.15, 0.2) is 0 Å². The molecule has 0 radical (unpaired) electrons. The molecule has 2 N–H and O–H groups in total. The first-order valence-corrected chi connectivity index (χ1v) is 2.41. The zero-order valence-corrected chi connectivity index (χ0v) is 6.17. The number of hydrogen-bond donors (Lipinski definition) is 1. The lowest BCUT2D eigenvalue weighted by atomic mass is 10.4. The first-order chi connectivity index (χ1) is 4.42. The van der Waals surface area contributed by atoms with E-state index < -0.39 is 25.3 Å². The van der Waals surface area contributed by atoms with Gasteiger partial charge in [-0.15, -0.1) is 12.4 Å². The van der Waals surface area contributed by atoms with Crippen molar-refractivity contribution in [3.63, 3.8) is 0 Å². The highest BCUT2D eigenvalue weighted by molar-refractivity contribution is 5.85.